The summed E-state index contributed by atoms with van der Waals surface area (Å²) in [6.07, 6.45) is 1.62. The van der Waals surface area contributed by atoms with Crippen molar-refractivity contribution >= 4 is 23.2 Å². The van der Waals surface area contributed by atoms with Crippen molar-refractivity contribution in [3.05, 3.63) is 46.5 Å². The molecule has 2 N–H and O–H groups in total. The van der Waals surface area contributed by atoms with E-state index in [1.165, 1.54) is 0 Å². The molecule has 64 valence electrons. The highest BCUT2D eigenvalue weighted by molar-refractivity contribution is 6.33. The summed E-state index contributed by atoms with van der Waals surface area (Å²) in [5, 5.41) is 1.25. The molecule has 0 radical (unpaired) electrons. The number of halogens is 2. The molecule has 1 atom stereocenters. The molecule has 0 bridgehead atoms. The van der Waals surface area contributed by atoms with E-state index in [4.69, 9.17) is 28.9 Å². The van der Waals surface area contributed by atoms with E-state index in [1.54, 1.807) is 24.3 Å². The number of hydrogen-bond acceptors (Lipinski definition) is 1. The Kier molecular flexibility index (Phi) is 3.15. The van der Waals surface area contributed by atoms with Gasteiger partial charge in [0.1, 0.15) is 0 Å². The summed E-state index contributed by atoms with van der Waals surface area (Å²) in [6.45, 7) is 3.58. The highest BCUT2D eigenvalue weighted by atomic mass is 35.5. The maximum absolute atomic E-state index is 5.88. The van der Waals surface area contributed by atoms with Gasteiger partial charge < -0.3 is 5.73 Å². The van der Waals surface area contributed by atoms with Crippen LogP contribution in [0.2, 0.25) is 10.0 Å². The smallest absolute Gasteiger partial charge is 0.0493 e. The lowest BCUT2D eigenvalue weighted by Crippen LogP contribution is -2.06. The Morgan fingerprint density at radius 1 is 1.42 bits per heavy atom. The van der Waals surface area contributed by atoms with Crippen molar-refractivity contribution in [1.82, 2.24) is 0 Å². The van der Waals surface area contributed by atoms with Crippen molar-refractivity contribution in [3.8, 4) is 0 Å². The molecular weight excluding hydrogens is 193 g/mol. The molecule has 0 fully saturated rings. The Balaban J connectivity index is 3.12. The van der Waals surface area contributed by atoms with Gasteiger partial charge in [-0.05, 0) is 23.8 Å². The first-order valence-corrected chi connectivity index (χ1v) is 4.24. The van der Waals surface area contributed by atoms with E-state index in [9.17, 15) is 0 Å². The van der Waals surface area contributed by atoms with Gasteiger partial charge in [-0.2, -0.15) is 0 Å². The Morgan fingerprint density at radius 3 is 2.67 bits per heavy atom. The number of hydrogen-bond donors (Lipinski definition) is 1. The molecule has 0 saturated carbocycles. The zero-order valence-corrected chi connectivity index (χ0v) is 7.94. The van der Waals surface area contributed by atoms with Crippen LogP contribution in [0.25, 0.3) is 0 Å². The Labute approximate surface area is 81.8 Å². The number of rotatable bonds is 2. The summed E-state index contributed by atoms with van der Waals surface area (Å²) < 4.78 is 0. The topological polar surface area (TPSA) is 26.0 Å². The van der Waals surface area contributed by atoms with Crippen molar-refractivity contribution in [2.45, 2.75) is 6.04 Å². The van der Waals surface area contributed by atoms with Gasteiger partial charge in [-0.25, -0.2) is 0 Å². The third kappa shape index (κ3) is 2.01. The van der Waals surface area contributed by atoms with Crippen molar-refractivity contribution in [2.75, 3.05) is 0 Å². The fourth-order valence-corrected chi connectivity index (χ4v) is 1.32. The number of benzene rings is 1. The molecule has 0 saturated heterocycles. The molecule has 0 spiro atoms. The van der Waals surface area contributed by atoms with Gasteiger partial charge in [-0.15, -0.1) is 6.58 Å². The van der Waals surface area contributed by atoms with Crippen molar-refractivity contribution < 1.29 is 0 Å². The van der Waals surface area contributed by atoms with Crippen LogP contribution >= 0.6 is 23.2 Å². The van der Waals surface area contributed by atoms with Gasteiger partial charge in [0.15, 0.2) is 0 Å². The monoisotopic (exact) mass is 201 g/mol. The molecule has 1 aromatic rings. The molecule has 0 aliphatic carbocycles. The van der Waals surface area contributed by atoms with Crippen LogP contribution in [0.4, 0.5) is 0 Å². The molecule has 0 aromatic heterocycles. The number of nitrogens with two attached hydrogens (primary N) is 1. The van der Waals surface area contributed by atoms with Crippen LogP contribution in [0, 0.1) is 0 Å². The van der Waals surface area contributed by atoms with E-state index in [2.05, 4.69) is 6.58 Å². The van der Waals surface area contributed by atoms with Gasteiger partial charge >= 0.3 is 0 Å². The summed E-state index contributed by atoms with van der Waals surface area (Å²) in [4.78, 5) is 0. The van der Waals surface area contributed by atoms with Crippen LogP contribution in [0.1, 0.15) is 11.6 Å². The first-order valence-electron chi connectivity index (χ1n) is 3.48. The zero-order chi connectivity index (χ0) is 9.14. The predicted octanol–water partition coefficient (Wildman–Crippen LogP) is 3.18. The van der Waals surface area contributed by atoms with Crippen LogP contribution in [0.3, 0.4) is 0 Å². The standard InChI is InChI=1S/C9H9Cl2N/c1-2-9(12)7-5-6(10)3-4-8(7)11/h2-5,9H,1,12H2/t9-/m1/s1. The molecule has 1 rings (SSSR count). The van der Waals surface area contributed by atoms with Crippen molar-refractivity contribution in [2.24, 2.45) is 5.73 Å². The second-order valence-corrected chi connectivity index (χ2v) is 3.27. The Bertz CT molecular complexity index is 297. The van der Waals surface area contributed by atoms with Gasteiger partial charge in [0, 0.05) is 16.1 Å². The quantitative estimate of drug-likeness (QED) is 0.732. The fraction of sp³-hybridized carbons (Fsp3) is 0.111. The van der Waals surface area contributed by atoms with E-state index in [0.717, 1.165) is 5.56 Å². The van der Waals surface area contributed by atoms with E-state index in [0.29, 0.717) is 10.0 Å². The van der Waals surface area contributed by atoms with Crippen LogP contribution in [0.15, 0.2) is 30.9 Å². The van der Waals surface area contributed by atoms with Gasteiger partial charge in [-0.1, -0.05) is 29.3 Å². The summed E-state index contributed by atoms with van der Waals surface area (Å²) in [5.41, 5.74) is 6.51. The van der Waals surface area contributed by atoms with E-state index in [1.807, 2.05) is 0 Å². The van der Waals surface area contributed by atoms with Gasteiger partial charge in [0.2, 0.25) is 0 Å². The highest BCUT2D eigenvalue weighted by Crippen LogP contribution is 2.25. The fourth-order valence-electron chi connectivity index (χ4n) is 0.897. The maximum Gasteiger partial charge on any atom is 0.0493 e. The molecule has 0 amide bonds. The molecule has 12 heavy (non-hydrogen) atoms. The minimum Gasteiger partial charge on any atom is -0.321 e. The molecule has 0 aliphatic heterocycles. The van der Waals surface area contributed by atoms with Gasteiger partial charge in [0.25, 0.3) is 0 Å². The molecule has 0 unspecified atom stereocenters. The Hall–Kier alpha value is -0.500. The van der Waals surface area contributed by atoms with E-state index >= 15 is 0 Å². The van der Waals surface area contributed by atoms with Crippen molar-refractivity contribution in [3.63, 3.8) is 0 Å². The first-order chi connectivity index (χ1) is 5.65. The molecule has 0 heterocycles. The van der Waals surface area contributed by atoms with E-state index < -0.39 is 0 Å². The SMILES string of the molecule is C=C[C@@H](N)c1cc(Cl)ccc1Cl. The second-order valence-electron chi connectivity index (χ2n) is 2.43. The predicted molar refractivity (Wildman–Crippen MR) is 53.6 cm³/mol. The summed E-state index contributed by atoms with van der Waals surface area (Å²) >= 11 is 11.7. The minimum atomic E-state index is -0.254. The average Bonchev–Trinajstić information content (AvgIpc) is 2.08. The van der Waals surface area contributed by atoms with Gasteiger partial charge in [0.05, 0.1) is 0 Å². The lowest BCUT2D eigenvalue weighted by atomic mass is 10.1. The zero-order valence-electron chi connectivity index (χ0n) is 6.43. The summed E-state index contributed by atoms with van der Waals surface area (Å²) in [6, 6.07) is 4.94. The largest absolute Gasteiger partial charge is 0.321 e. The molecule has 1 nitrogen and oxygen atoms in total. The third-order valence-corrected chi connectivity index (χ3v) is 2.15. The summed E-state index contributed by atoms with van der Waals surface area (Å²) in [7, 11) is 0. The van der Waals surface area contributed by atoms with Gasteiger partial charge in [-0.3, -0.25) is 0 Å². The molecule has 1 aromatic carbocycles. The molecule has 0 aliphatic rings. The second kappa shape index (κ2) is 3.94. The minimum absolute atomic E-state index is 0.254. The lowest BCUT2D eigenvalue weighted by Gasteiger charge is -2.08. The van der Waals surface area contributed by atoms with Crippen molar-refractivity contribution in [1.29, 1.82) is 0 Å². The first kappa shape index (κ1) is 9.59. The van der Waals surface area contributed by atoms with Crippen LogP contribution < -0.4 is 5.73 Å². The third-order valence-electron chi connectivity index (χ3n) is 1.57. The Morgan fingerprint density at radius 2 is 2.08 bits per heavy atom. The molecule has 3 heteroatoms. The highest BCUT2D eigenvalue weighted by Gasteiger charge is 2.06. The van der Waals surface area contributed by atoms with Crippen LogP contribution in [-0.2, 0) is 0 Å². The molecular formula is C9H9Cl2N. The van der Waals surface area contributed by atoms with Crippen LogP contribution in [-0.4, -0.2) is 0 Å². The summed E-state index contributed by atoms with van der Waals surface area (Å²) in [5.74, 6) is 0. The van der Waals surface area contributed by atoms with Crippen LogP contribution in [0.5, 0.6) is 0 Å². The normalized spacial score (nSPS) is 12.6. The maximum atomic E-state index is 5.88. The lowest BCUT2D eigenvalue weighted by molar-refractivity contribution is 0.915. The van der Waals surface area contributed by atoms with E-state index in [-0.39, 0.29) is 6.04 Å². The average molecular weight is 202 g/mol.